The molecule has 1 atom stereocenters. The number of fused-ring (bicyclic) bond motifs is 1. The molecule has 4 heteroatoms. The van der Waals surface area contributed by atoms with E-state index in [4.69, 9.17) is 4.52 Å². The zero-order chi connectivity index (χ0) is 18.6. The fourth-order valence-electron chi connectivity index (χ4n) is 3.31. The maximum atomic E-state index is 5.43. The first-order valence-electron chi connectivity index (χ1n) is 9.37. The molecule has 0 aliphatic carbocycles. The Morgan fingerprint density at radius 1 is 0.963 bits per heavy atom. The summed E-state index contributed by atoms with van der Waals surface area (Å²) in [5.41, 5.74) is 3.54. The van der Waals surface area contributed by atoms with Crippen LogP contribution >= 0.6 is 0 Å². The van der Waals surface area contributed by atoms with E-state index in [0.29, 0.717) is 18.3 Å². The minimum atomic E-state index is 0.176. The van der Waals surface area contributed by atoms with Gasteiger partial charge in [-0.25, -0.2) is 0 Å². The van der Waals surface area contributed by atoms with Crippen molar-refractivity contribution in [2.75, 3.05) is 0 Å². The molecule has 1 heterocycles. The number of aromatic nitrogens is 2. The summed E-state index contributed by atoms with van der Waals surface area (Å²) in [6.45, 7) is 4.83. The van der Waals surface area contributed by atoms with Crippen molar-refractivity contribution in [2.24, 2.45) is 0 Å². The van der Waals surface area contributed by atoms with Gasteiger partial charge in [-0.15, -0.1) is 0 Å². The van der Waals surface area contributed by atoms with Crippen LogP contribution in [0.2, 0.25) is 0 Å². The standard InChI is InChI=1S/C23H23N3O/c1-3-17-11-13-19(14-12-17)23-25-22(27-26-23)15-24-16(2)20-10-6-8-18-7-4-5-9-21(18)20/h4-14,16,24H,3,15H2,1-2H3/t16-/m0/s1. The van der Waals surface area contributed by atoms with Crippen LogP contribution in [0.5, 0.6) is 0 Å². The van der Waals surface area contributed by atoms with Crippen LogP contribution in [0.15, 0.2) is 71.3 Å². The van der Waals surface area contributed by atoms with Gasteiger partial charge in [-0.1, -0.05) is 78.8 Å². The predicted molar refractivity (Wildman–Crippen MR) is 108 cm³/mol. The molecule has 0 bridgehead atoms. The van der Waals surface area contributed by atoms with Gasteiger partial charge in [0.25, 0.3) is 0 Å². The number of nitrogens with one attached hydrogen (secondary N) is 1. The van der Waals surface area contributed by atoms with Crippen LogP contribution in [-0.4, -0.2) is 10.1 Å². The summed E-state index contributed by atoms with van der Waals surface area (Å²) >= 11 is 0. The Bertz CT molecular complexity index is 1030. The molecule has 0 aliphatic rings. The lowest BCUT2D eigenvalue weighted by molar-refractivity contribution is 0.361. The van der Waals surface area contributed by atoms with E-state index in [1.807, 2.05) is 12.1 Å². The van der Waals surface area contributed by atoms with Gasteiger partial charge >= 0.3 is 0 Å². The van der Waals surface area contributed by atoms with Crippen LogP contribution in [0.1, 0.15) is 36.9 Å². The SMILES string of the molecule is CCc1ccc(-c2noc(CN[C@@H](C)c3cccc4ccccc34)n2)cc1. The van der Waals surface area contributed by atoms with Crippen molar-refractivity contribution in [3.63, 3.8) is 0 Å². The second kappa shape index (κ2) is 7.72. The molecule has 0 amide bonds. The molecule has 0 fully saturated rings. The molecule has 136 valence electrons. The summed E-state index contributed by atoms with van der Waals surface area (Å²) in [6, 6.07) is 23.3. The van der Waals surface area contributed by atoms with Crippen LogP contribution in [0, 0.1) is 0 Å². The minimum absolute atomic E-state index is 0.176. The normalized spacial score (nSPS) is 12.4. The van der Waals surface area contributed by atoms with E-state index in [1.165, 1.54) is 21.9 Å². The quantitative estimate of drug-likeness (QED) is 0.508. The van der Waals surface area contributed by atoms with Gasteiger partial charge in [0.05, 0.1) is 6.54 Å². The van der Waals surface area contributed by atoms with Gasteiger partial charge < -0.3 is 9.84 Å². The minimum Gasteiger partial charge on any atom is -0.338 e. The first-order valence-corrected chi connectivity index (χ1v) is 9.37. The van der Waals surface area contributed by atoms with Gasteiger partial charge in [0.2, 0.25) is 11.7 Å². The Morgan fingerprint density at radius 2 is 1.74 bits per heavy atom. The Morgan fingerprint density at radius 3 is 2.56 bits per heavy atom. The third-order valence-electron chi connectivity index (χ3n) is 4.94. The van der Waals surface area contributed by atoms with E-state index in [9.17, 15) is 0 Å². The number of nitrogens with zero attached hydrogens (tertiary/aromatic N) is 2. The van der Waals surface area contributed by atoms with Crippen LogP contribution < -0.4 is 5.32 Å². The van der Waals surface area contributed by atoms with E-state index in [1.54, 1.807) is 0 Å². The Labute approximate surface area is 159 Å². The highest BCUT2D eigenvalue weighted by Crippen LogP contribution is 2.24. The molecular weight excluding hydrogens is 334 g/mol. The fourth-order valence-corrected chi connectivity index (χ4v) is 3.31. The number of rotatable bonds is 6. The van der Waals surface area contributed by atoms with E-state index >= 15 is 0 Å². The van der Waals surface area contributed by atoms with Gasteiger partial charge in [0.15, 0.2) is 0 Å². The Kier molecular flexibility index (Phi) is 4.99. The molecule has 3 aromatic carbocycles. The lowest BCUT2D eigenvalue weighted by atomic mass is 10.00. The van der Waals surface area contributed by atoms with E-state index < -0.39 is 0 Å². The molecule has 1 aromatic heterocycles. The third kappa shape index (κ3) is 3.76. The number of hydrogen-bond acceptors (Lipinski definition) is 4. The van der Waals surface area contributed by atoms with Crippen molar-refractivity contribution in [3.8, 4) is 11.4 Å². The molecule has 0 saturated carbocycles. The van der Waals surface area contributed by atoms with Gasteiger partial charge in [0.1, 0.15) is 0 Å². The molecule has 4 rings (SSSR count). The second-order valence-electron chi connectivity index (χ2n) is 6.73. The number of aryl methyl sites for hydroxylation is 1. The van der Waals surface area contributed by atoms with Crippen LogP contribution in [0.25, 0.3) is 22.2 Å². The van der Waals surface area contributed by atoms with Crippen molar-refractivity contribution in [2.45, 2.75) is 32.9 Å². The summed E-state index contributed by atoms with van der Waals surface area (Å²) in [5.74, 6) is 1.23. The molecule has 4 nitrogen and oxygen atoms in total. The summed E-state index contributed by atoms with van der Waals surface area (Å²) < 4.78 is 5.43. The molecule has 27 heavy (non-hydrogen) atoms. The lowest BCUT2D eigenvalue weighted by Crippen LogP contribution is -2.18. The average molecular weight is 357 g/mol. The summed E-state index contributed by atoms with van der Waals surface area (Å²) in [7, 11) is 0. The maximum Gasteiger partial charge on any atom is 0.240 e. The largest absolute Gasteiger partial charge is 0.338 e. The molecule has 0 radical (unpaired) electrons. The highest BCUT2D eigenvalue weighted by molar-refractivity contribution is 5.86. The zero-order valence-electron chi connectivity index (χ0n) is 15.6. The van der Waals surface area contributed by atoms with E-state index in [-0.39, 0.29) is 6.04 Å². The number of hydrogen-bond donors (Lipinski definition) is 1. The molecular formula is C23H23N3O. The summed E-state index contributed by atoms with van der Waals surface area (Å²) in [6.07, 6.45) is 1.02. The topological polar surface area (TPSA) is 51.0 Å². The smallest absolute Gasteiger partial charge is 0.240 e. The van der Waals surface area contributed by atoms with Crippen LogP contribution in [0.4, 0.5) is 0 Å². The monoisotopic (exact) mass is 357 g/mol. The first-order chi connectivity index (χ1) is 13.2. The third-order valence-corrected chi connectivity index (χ3v) is 4.94. The highest BCUT2D eigenvalue weighted by Gasteiger charge is 2.12. The molecule has 1 N–H and O–H groups in total. The van der Waals surface area contributed by atoms with E-state index in [2.05, 4.69) is 83.9 Å². The van der Waals surface area contributed by atoms with E-state index in [0.717, 1.165) is 12.0 Å². The molecule has 0 saturated heterocycles. The maximum absolute atomic E-state index is 5.43. The average Bonchev–Trinajstić information content (AvgIpc) is 3.20. The second-order valence-corrected chi connectivity index (χ2v) is 6.73. The predicted octanol–water partition coefficient (Wildman–Crippen LogP) is 5.30. The zero-order valence-corrected chi connectivity index (χ0v) is 15.6. The summed E-state index contributed by atoms with van der Waals surface area (Å²) in [4.78, 5) is 4.52. The van der Waals surface area contributed by atoms with Crippen LogP contribution in [0.3, 0.4) is 0 Å². The van der Waals surface area contributed by atoms with Crippen molar-refractivity contribution < 1.29 is 4.52 Å². The first kappa shape index (κ1) is 17.4. The fraction of sp³-hybridized carbons (Fsp3) is 0.217. The van der Waals surface area contributed by atoms with Crippen molar-refractivity contribution in [3.05, 3.63) is 83.7 Å². The Balaban J connectivity index is 1.46. The summed E-state index contributed by atoms with van der Waals surface area (Å²) in [5, 5.41) is 10.1. The lowest BCUT2D eigenvalue weighted by Gasteiger charge is -2.15. The Hall–Kier alpha value is -2.98. The number of benzene rings is 3. The van der Waals surface area contributed by atoms with Crippen molar-refractivity contribution in [1.29, 1.82) is 0 Å². The van der Waals surface area contributed by atoms with Crippen molar-refractivity contribution in [1.82, 2.24) is 15.5 Å². The van der Waals surface area contributed by atoms with Gasteiger partial charge in [0, 0.05) is 11.6 Å². The van der Waals surface area contributed by atoms with Gasteiger partial charge in [-0.3, -0.25) is 0 Å². The molecule has 0 unspecified atom stereocenters. The molecule has 0 aliphatic heterocycles. The van der Waals surface area contributed by atoms with Gasteiger partial charge in [-0.05, 0) is 35.2 Å². The van der Waals surface area contributed by atoms with Crippen molar-refractivity contribution >= 4 is 10.8 Å². The van der Waals surface area contributed by atoms with Gasteiger partial charge in [-0.2, -0.15) is 4.98 Å². The highest BCUT2D eigenvalue weighted by atomic mass is 16.5. The molecule has 0 spiro atoms. The van der Waals surface area contributed by atoms with Crippen LogP contribution in [-0.2, 0) is 13.0 Å². The molecule has 4 aromatic rings.